The molecule has 8 heteroatoms. The fraction of sp³-hybridized carbons (Fsp3) is 0.263. The van der Waals surface area contributed by atoms with Gasteiger partial charge in [-0.15, -0.1) is 0 Å². The van der Waals surface area contributed by atoms with E-state index in [1.54, 1.807) is 12.1 Å². The SMILES string of the molecule is CCn1cc(C2CC(c3ccc(C)o3)=NN2c2ccc([N+](=O)[O-])cc2)cn1. The number of hydrogen-bond donors (Lipinski definition) is 0. The molecule has 8 nitrogen and oxygen atoms in total. The van der Waals surface area contributed by atoms with Crippen molar-refractivity contribution >= 4 is 17.1 Å². The number of hydrazone groups is 1. The number of aryl methyl sites for hydroxylation is 2. The van der Waals surface area contributed by atoms with E-state index < -0.39 is 4.92 Å². The van der Waals surface area contributed by atoms with Crippen molar-refractivity contribution in [1.29, 1.82) is 0 Å². The molecule has 2 aromatic heterocycles. The van der Waals surface area contributed by atoms with E-state index in [0.29, 0.717) is 6.42 Å². The smallest absolute Gasteiger partial charge is 0.269 e. The van der Waals surface area contributed by atoms with Crippen LogP contribution in [0.2, 0.25) is 0 Å². The highest BCUT2D eigenvalue weighted by atomic mass is 16.6. The number of benzene rings is 1. The fourth-order valence-electron chi connectivity index (χ4n) is 3.20. The summed E-state index contributed by atoms with van der Waals surface area (Å²) in [4.78, 5) is 10.5. The van der Waals surface area contributed by atoms with Gasteiger partial charge in [0.2, 0.25) is 0 Å². The highest BCUT2D eigenvalue weighted by Crippen LogP contribution is 2.37. The molecule has 0 spiro atoms. The molecule has 1 unspecified atom stereocenters. The van der Waals surface area contributed by atoms with Crippen LogP contribution >= 0.6 is 0 Å². The molecule has 138 valence electrons. The third-order valence-corrected chi connectivity index (χ3v) is 4.62. The maximum absolute atomic E-state index is 10.9. The Morgan fingerprint density at radius 3 is 2.63 bits per heavy atom. The van der Waals surface area contributed by atoms with Gasteiger partial charge in [-0.1, -0.05) is 0 Å². The average Bonchev–Trinajstić information content (AvgIpc) is 3.40. The van der Waals surface area contributed by atoms with Crippen LogP contribution in [0.5, 0.6) is 0 Å². The quantitative estimate of drug-likeness (QED) is 0.502. The summed E-state index contributed by atoms with van der Waals surface area (Å²) in [5, 5.41) is 21.9. The number of aromatic nitrogens is 2. The summed E-state index contributed by atoms with van der Waals surface area (Å²) in [5.41, 5.74) is 2.72. The van der Waals surface area contributed by atoms with Gasteiger partial charge in [-0.3, -0.25) is 19.8 Å². The lowest BCUT2D eigenvalue weighted by atomic mass is 10.0. The van der Waals surface area contributed by atoms with E-state index in [4.69, 9.17) is 9.52 Å². The highest BCUT2D eigenvalue weighted by Gasteiger charge is 2.32. The van der Waals surface area contributed by atoms with Gasteiger partial charge >= 0.3 is 0 Å². The lowest BCUT2D eigenvalue weighted by molar-refractivity contribution is -0.384. The average molecular weight is 365 g/mol. The summed E-state index contributed by atoms with van der Waals surface area (Å²) in [7, 11) is 0. The Kier molecular flexibility index (Phi) is 4.23. The molecule has 0 fully saturated rings. The Morgan fingerprint density at radius 2 is 2.04 bits per heavy atom. The Balaban J connectivity index is 1.72. The Hall–Kier alpha value is -3.42. The summed E-state index contributed by atoms with van der Waals surface area (Å²) in [6, 6.07) is 10.2. The number of hydrogen-bond acceptors (Lipinski definition) is 6. The fourth-order valence-corrected chi connectivity index (χ4v) is 3.20. The molecular formula is C19H19N5O3. The van der Waals surface area contributed by atoms with Gasteiger partial charge in [0.05, 0.1) is 22.8 Å². The van der Waals surface area contributed by atoms with Gasteiger partial charge < -0.3 is 4.42 Å². The van der Waals surface area contributed by atoms with Gasteiger partial charge in [-0.2, -0.15) is 10.2 Å². The molecule has 1 aliphatic rings. The lowest BCUT2D eigenvalue weighted by Gasteiger charge is -2.22. The highest BCUT2D eigenvalue weighted by molar-refractivity contribution is 6.01. The first-order valence-corrected chi connectivity index (χ1v) is 8.75. The molecule has 3 heterocycles. The molecule has 0 bridgehead atoms. The third kappa shape index (κ3) is 3.21. The number of anilines is 1. The van der Waals surface area contributed by atoms with Crippen LogP contribution in [0.15, 0.2) is 58.3 Å². The van der Waals surface area contributed by atoms with Crippen molar-refractivity contribution in [3.8, 4) is 0 Å². The van der Waals surface area contributed by atoms with E-state index in [1.807, 2.05) is 48.1 Å². The third-order valence-electron chi connectivity index (χ3n) is 4.62. The minimum Gasteiger partial charge on any atom is -0.460 e. The van der Waals surface area contributed by atoms with Crippen molar-refractivity contribution < 1.29 is 9.34 Å². The minimum atomic E-state index is -0.406. The van der Waals surface area contributed by atoms with Crippen LogP contribution < -0.4 is 5.01 Å². The lowest BCUT2D eigenvalue weighted by Crippen LogP contribution is -2.18. The first-order valence-electron chi connectivity index (χ1n) is 8.75. The zero-order valence-electron chi connectivity index (χ0n) is 15.1. The molecule has 4 rings (SSSR count). The van der Waals surface area contributed by atoms with Crippen LogP contribution in [0.25, 0.3) is 0 Å². The van der Waals surface area contributed by atoms with Gasteiger partial charge in [0.1, 0.15) is 17.2 Å². The van der Waals surface area contributed by atoms with Crippen LogP contribution in [-0.4, -0.2) is 20.4 Å². The maximum atomic E-state index is 10.9. The summed E-state index contributed by atoms with van der Waals surface area (Å²) in [5.74, 6) is 1.57. The molecule has 0 saturated carbocycles. The normalized spacial score (nSPS) is 16.6. The predicted molar refractivity (Wildman–Crippen MR) is 101 cm³/mol. The van der Waals surface area contributed by atoms with Crippen LogP contribution in [0, 0.1) is 17.0 Å². The van der Waals surface area contributed by atoms with Gasteiger partial charge in [-0.05, 0) is 38.1 Å². The number of rotatable bonds is 5. The number of nitro benzene ring substituents is 1. The van der Waals surface area contributed by atoms with Crippen molar-refractivity contribution in [2.45, 2.75) is 32.9 Å². The van der Waals surface area contributed by atoms with Crippen LogP contribution in [0.4, 0.5) is 11.4 Å². The summed E-state index contributed by atoms with van der Waals surface area (Å²) >= 11 is 0. The monoisotopic (exact) mass is 365 g/mol. The number of furan rings is 1. The number of nitro groups is 1. The second kappa shape index (κ2) is 6.71. The molecular weight excluding hydrogens is 346 g/mol. The molecule has 1 aliphatic heterocycles. The molecule has 1 aromatic carbocycles. The molecule has 0 amide bonds. The second-order valence-electron chi connectivity index (χ2n) is 6.42. The van der Waals surface area contributed by atoms with Crippen molar-refractivity contribution in [2.24, 2.45) is 5.10 Å². The minimum absolute atomic E-state index is 0.0489. The van der Waals surface area contributed by atoms with Crippen LogP contribution in [0.3, 0.4) is 0 Å². The summed E-state index contributed by atoms with van der Waals surface area (Å²) in [6.07, 6.45) is 4.52. The molecule has 0 saturated heterocycles. The molecule has 0 aliphatic carbocycles. The first-order chi connectivity index (χ1) is 13.0. The zero-order valence-corrected chi connectivity index (χ0v) is 15.1. The van der Waals surface area contributed by atoms with E-state index in [1.165, 1.54) is 12.1 Å². The van der Waals surface area contributed by atoms with E-state index in [-0.39, 0.29) is 11.7 Å². The van der Waals surface area contributed by atoms with Gasteiger partial charge in [0.15, 0.2) is 0 Å². The second-order valence-corrected chi connectivity index (χ2v) is 6.42. The van der Waals surface area contributed by atoms with Crippen LogP contribution in [-0.2, 0) is 6.54 Å². The van der Waals surface area contributed by atoms with Crippen molar-refractivity contribution in [3.63, 3.8) is 0 Å². The molecule has 1 atom stereocenters. The van der Waals surface area contributed by atoms with Crippen molar-refractivity contribution in [2.75, 3.05) is 5.01 Å². The summed E-state index contributed by atoms with van der Waals surface area (Å²) in [6.45, 7) is 4.72. The largest absolute Gasteiger partial charge is 0.460 e. The number of non-ortho nitro benzene ring substituents is 1. The first kappa shape index (κ1) is 17.0. The van der Waals surface area contributed by atoms with Gasteiger partial charge in [-0.25, -0.2) is 0 Å². The van der Waals surface area contributed by atoms with Crippen molar-refractivity contribution in [1.82, 2.24) is 9.78 Å². The van der Waals surface area contributed by atoms with E-state index in [2.05, 4.69) is 5.10 Å². The topological polar surface area (TPSA) is 89.7 Å². The van der Waals surface area contributed by atoms with E-state index in [9.17, 15) is 10.1 Å². The molecule has 27 heavy (non-hydrogen) atoms. The molecule has 0 radical (unpaired) electrons. The standard InChI is InChI=1S/C19H19N5O3/c1-3-22-12-14(11-20-22)18-10-17(19-9-4-13(2)27-19)21-23(18)15-5-7-16(8-6-15)24(25)26/h4-9,11-12,18H,3,10H2,1-2H3. The van der Waals surface area contributed by atoms with Gasteiger partial charge in [0, 0.05) is 36.9 Å². The predicted octanol–water partition coefficient (Wildman–Crippen LogP) is 4.07. The molecule has 0 N–H and O–H groups in total. The Morgan fingerprint density at radius 1 is 1.26 bits per heavy atom. The van der Waals surface area contributed by atoms with E-state index >= 15 is 0 Å². The number of nitrogens with zero attached hydrogens (tertiary/aromatic N) is 5. The van der Waals surface area contributed by atoms with Gasteiger partial charge in [0.25, 0.3) is 5.69 Å². The van der Waals surface area contributed by atoms with Crippen molar-refractivity contribution in [3.05, 3.63) is 76.0 Å². The van der Waals surface area contributed by atoms with Crippen LogP contribution in [0.1, 0.15) is 36.5 Å². The zero-order chi connectivity index (χ0) is 19.0. The Bertz CT molecular complexity index is 1000. The summed E-state index contributed by atoms with van der Waals surface area (Å²) < 4.78 is 7.62. The Labute approximate surface area is 155 Å². The van der Waals surface area contributed by atoms with E-state index in [0.717, 1.165) is 35.0 Å². The maximum Gasteiger partial charge on any atom is 0.269 e. The molecule has 3 aromatic rings.